The van der Waals surface area contributed by atoms with Gasteiger partial charge in [0, 0.05) is 0 Å². The van der Waals surface area contributed by atoms with Gasteiger partial charge in [-0.2, -0.15) is 13.2 Å². The highest BCUT2D eigenvalue weighted by Gasteiger charge is 2.36. The first-order valence-electron chi connectivity index (χ1n) is 6.61. The predicted octanol–water partition coefficient (Wildman–Crippen LogP) is 2.96. The van der Waals surface area contributed by atoms with Gasteiger partial charge in [-0.15, -0.1) is 0 Å². The number of ether oxygens (including phenoxy) is 1. The van der Waals surface area contributed by atoms with Crippen LogP contribution in [0.4, 0.5) is 13.2 Å². The van der Waals surface area contributed by atoms with E-state index in [2.05, 4.69) is 24.3 Å². The van der Waals surface area contributed by atoms with Gasteiger partial charge in [0.1, 0.15) is 19.8 Å². The lowest BCUT2D eigenvalue weighted by molar-refractivity contribution is -0.472. The molecular weight excluding hydrogens is 347 g/mol. The van der Waals surface area contributed by atoms with Crippen LogP contribution in [0.3, 0.4) is 0 Å². The number of hydrogen-bond acceptors (Lipinski definition) is 4. The molecule has 0 atom stereocenters. The zero-order valence-corrected chi connectivity index (χ0v) is 14.0. The molecule has 0 saturated carbocycles. The second-order valence-electron chi connectivity index (χ2n) is 4.92. The van der Waals surface area contributed by atoms with Gasteiger partial charge in [0.25, 0.3) is 0 Å². The Kier molecular flexibility index (Phi) is 6.33. The van der Waals surface area contributed by atoms with Crippen LogP contribution in [0.2, 0.25) is 0 Å². The van der Waals surface area contributed by atoms with Gasteiger partial charge < -0.3 is 9.29 Å². The molecule has 0 aliphatic carbocycles. The molecule has 2 aromatic carbocycles. The van der Waals surface area contributed by atoms with E-state index in [4.69, 9.17) is 17.7 Å². The molecule has 9 heteroatoms. The summed E-state index contributed by atoms with van der Waals surface area (Å²) in [5.41, 5.74) is -5.65. The first kappa shape index (κ1) is 19.9. The van der Waals surface area contributed by atoms with Crippen molar-refractivity contribution >= 4 is 26.8 Å². The number of alkyl halides is 3. The Balaban J connectivity index is 0.000000307. The minimum absolute atomic E-state index is 0.880. The SMILES string of the molecule is CC(Oc1ccc2ccccc2c1)=[N+](C)C.O=S(=O)([O-])C(F)(F)F. The van der Waals surface area contributed by atoms with E-state index in [0.717, 1.165) is 11.6 Å². The smallest absolute Gasteiger partial charge is 0.485 e. The molecule has 0 fully saturated rings. The number of fused-ring (bicyclic) bond motifs is 1. The van der Waals surface area contributed by atoms with Crippen molar-refractivity contribution in [2.45, 2.75) is 12.4 Å². The second-order valence-corrected chi connectivity index (χ2v) is 6.30. The van der Waals surface area contributed by atoms with Gasteiger partial charge in [-0.3, -0.25) is 0 Å². The van der Waals surface area contributed by atoms with Crippen LogP contribution < -0.4 is 4.74 Å². The molecule has 0 saturated heterocycles. The van der Waals surface area contributed by atoms with Gasteiger partial charge in [0.15, 0.2) is 10.1 Å². The minimum Gasteiger partial charge on any atom is -0.741 e. The molecule has 24 heavy (non-hydrogen) atoms. The summed E-state index contributed by atoms with van der Waals surface area (Å²) in [6.45, 7) is 1.95. The molecule has 0 radical (unpaired) electrons. The van der Waals surface area contributed by atoms with Crippen LogP contribution in [0.15, 0.2) is 42.5 Å². The largest absolute Gasteiger partial charge is 0.741 e. The van der Waals surface area contributed by atoms with E-state index in [-0.39, 0.29) is 0 Å². The second kappa shape index (κ2) is 7.63. The maximum Gasteiger partial charge on any atom is 0.485 e. The highest BCUT2D eigenvalue weighted by Crippen LogP contribution is 2.21. The molecule has 0 N–H and O–H groups in total. The predicted molar refractivity (Wildman–Crippen MR) is 83.1 cm³/mol. The van der Waals surface area contributed by atoms with Gasteiger partial charge in [-0.25, -0.2) is 13.0 Å². The maximum atomic E-state index is 10.7. The fourth-order valence-electron chi connectivity index (χ4n) is 1.49. The van der Waals surface area contributed by atoms with Gasteiger partial charge >= 0.3 is 11.4 Å². The quantitative estimate of drug-likeness (QED) is 0.257. The van der Waals surface area contributed by atoms with E-state index in [1.165, 1.54) is 10.8 Å². The van der Waals surface area contributed by atoms with E-state index in [1.54, 1.807) is 0 Å². The van der Waals surface area contributed by atoms with Crippen molar-refractivity contribution in [2.75, 3.05) is 14.1 Å². The zero-order valence-electron chi connectivity index (χ0n) is 13.2. The van der Waals surface area contributed by atoms with Gasteiger partial charge in [-0.05, 0) is 22.9 Å². The summed E-state index contributed by atoms with van der Waals surface area (Å²) in [7, 11) is -2.15. The zero-order chi connectivity index (χ0) is 18.5. The average molecular weight is 363 g/mol. The molecule has 0 bridgehead atoms. The van der Waals surface area contributed by atoms with E-state index in [1.807, 2.05) is 43.8 Å². The Hall–Kier alpha value is -2.13. The van der Waals surface area contributed by atoms with Crippen LogP contribution in [0.1, 0.15) is 6.92 Å². The van der Waals surface area contributed by atoms with Crippen LogP contribution in [-0.4, -0.2) is 43.0 Å². The van der Waals surface area contributed by atoms with Crippen molar-refractivity contribution in [1.29, 1.82) is 0 Å². The fraction of sp³-hybridized carbons (Fsp3) is 0.267. The van der Waals surface area contributed by atoms with Crippen molar-refractivity contribution in [3.8, 4) is 5.75 Å². The highest BCUT2D eigenvalue weighted by atomic mass is 32.2. The van der Waals surface area contributed by atoms with Gasteiger partial charge in [0.2, 0.25) is 0 Å². The molecule has 0 aliphatic heterocycles. The molecule has 2 rings (SSSR count). The van der Waals surface area contributed by atoms with Crippen molar-refractivity contribution in [3.63, 3.8) is 0 Å². The molecule has 5 nitrogen and oxygen atoms in total. The number of hydrogen-bond donors (Lipinski definition) is 0. The molecule has 0 amide bonds. The summed E-state index contributed by atoms with van der Waals surface area (Å²) < 4.78 is 66.6. The Morgan fingerprint density at radius 1 is 1.08 bits per heavy atom. The van der Waals surface area contributed by atoms with E-state index < -0.39 is 15.6 Å². The molecule has 0 aliphatic rings. The fourth-order valence-corrected chi connectivity index (χ4v) is 1.49. The van der Waals surface area contributed by atoms with Gasteiger partial charge in [-0.1, -0.05) is 30.3 Å². The first-order chi connectivity index (χ1) is 10.9. The third-order valence-corrected chi connectivity index (χ3v) is 3.47. The molecular formula is C15H16F3NO4S. The molecule has 0 aromatic heterocycles. The number of rotatable bonds is 1. The summed E-state index contributed by atoms with van der Waals surface area (Å²) in [4.78, 5) is 0. The Labute approximate surface area is 137 Å². The summed E-state index contributed by atoms with van der Waals surface area (Å²) >= 11 is 0. The Bertz CT molecular complexity index is 841. The third kappa shape index (κ3) is 5.82. The summed E-state index contributed by atoms with van der Waals surface area (Å²) in [6.07, 6.45) is 0. The lowest BCUT2D eigenvalue weighted by atomic mass is 10.1. The molecule has 0 spiro atoms. The minimum atomic E-state index is -6.09. The van der Waals surface area contributed by atoms with Crippen molar-refractivity contribution in [3.05, 3.63) is 42.5 Å². The van der Waals surface area contributed by atoms with Crippen LogP contribution in [0, 0.1) is 0 Å². The molecule has 132 valence electrons. The monoisotopic (exact) mass is 363 g/mol. The molecule has 0 heterocycles. The van der Waals surface area contributed by atoms with E-state index in [0.29, 0.717) is 0 Å². The maximum absolute atomic E-state index is 10.7. The standard InChI is InChI=1S/C14H16NO.CHF3O3S/c1-11(15(2)3)16-14-9-8-12-6-4-5-7-13(12)10-14;2-1(3,4)8(5,6)7/h4-10H,1-3H3;(H,5,6,7)/q+1;/p-1. The van der Waals surface area contributed by atoms with Crippen molar-refractivity contribution in [2.24, 2.45) is 0 Å². The number of nitrogens with zero attached hydrogens (tertiary/aromatic N) is 1. The van der Waals surface area contributed by atoms with E-state index in [9.17, 15) is 13.2 Å². The number of halogens is 3. The molecule has 0 unspecified atom stereocenters. The lowest BCUT2D eigenvalue weighted by Gasteiger charge is -2.08. The Morgan fingerprint density at radius 3 is 2.04 bits per heavy atom. The van der Waals surface area contributed by atoms with Crippen molar-refractivity contribution in [1.82, 2.24) is 0 Å². The summed E-state index contributed by atoms with van der Waals surface area (Å²) in [6, 6.07) is 14.4. The number of benzene rings is 2. The van der Waals surface area contributed by atoms with Crippen LogP contribution in [0.5, 0.6) is 5.75 Å². The van der Waals surface area contributed by atoms with Crippen LogP contribution in [-0.2, 0) is 10.1 Å². The first-order valence-corrected chi connectivity index (χ1v) is 8.02. The summed E-state index contributed by atoms with van der Waals surface area (Å²) in [5.74, 6) is 1.76. The summed E-state index contributed by atoms with van der Waals surface area (Å²) in [5, 5.41) is 2.43. The van der Waals surface area contributed by atoms with E-state index >= 15 is 0 Å². The van der Waals surface area contributed by atoms with Gasteiger partial charge in [0.05, 0.1) is 6.92 Å². The average Bonchev–Trinajstić information content (AvgIpc) is 2.45. The topological polar surface area (TPSA) is 69.4 Å². The highest BCUT2D eigenvalue weighted by molar-refractivity contribution is 7.86. The normalized spacial score (nSPS) is 11.5. The molecule has 2 aromatic rings. The van der Waals surface area contributed by atoms with Crippen LogP contribution >= 0.6 is 0 Å². The van der Waals surface area contributed by atoms with Crippen LogP contribution in [0.25, 0.3) is 10.8 Å². The van der Waals surface area contributed by atoms with Crippen molar-refractivity contribution < 1.29 is 35.5 Å². The Morgan fingerprint density at radius 2 is 1.58 bits per heavy atom. The third-order valence-electron chi connectivity index (χ3n) is 2.90. The lowest BCUT2D eigenvalue weighted by Crippen LogP contribution is -2.21.